The molecule has 2 aromatic heterocycles. The summed E-state index contributed by atoms with van der Waals surface area (Å²) >= 11 is 6.22. The second-order valence-electron chi connectivity index (χ2n) is 4.05. The fourth-order valence-corrected chi connectivity index (χ4v) is 6.10. The molecule has 0 amide bonds. The molecule has 0 unspecified atom stereocenters. The van der Waals surface area contributed by atoms with Gasteiger partial charge in [0.1, 0.15) is 4.90 Å². The van der Waals surface area contributed by atoms with Gasteiger partial charge in [0.15, 0.2) is 0 Å². The Balaban J connectivity index is 2.13. The zero-order chi connectivity index (χ0) is 14.8. The Morgan fingerprint density at radius 3 is 2.65 bits per heavy atom. The van der Waals surface area contributed by atoms with Crippen LogP contribution in [0.3, 0.4) is 0 Å². The highest BCUT2D eigenvalue weighted by atomic mass is 79.9. The zero-order valence-corrected chi connectivity index (χ0v) is 15.0. The SMILES string of the molecule is CNCc1cc(S(=O)(=O)NCc2cnc(C)s2)c(Br)s1. The molecule has 20 heavy (non-hydrogen) atoms. The Morgan fingerprint density at radius 2 is 2.05 bits per heavy atom. The quantitative estimate of drug-likeness (QED) is 0.787. The number of aryl methyl sites for hydroxylation is 1. The van der Waals surface area contributed by atoms with Crippen molar-refractivity contribution >= 4 is 48.6 Å². The maximum absolute atomic E-state index is 12.3. The highest BCUT2D eigenvalue weighted by Crippen LogP contribution is 2.31. The van der Waals surface area contributed by atoms with E-state index in [-0.39, 0.29) is 11.4 Å². The molecule has 0 spiro atoms. The molecule has 0 saturated heterocycles. The van der Waals surface area contributed by atoms with Gasteiger partial charge in [-0.15, -0.1) is 22.7 Å². The van der Waals surface area contributed by atoms with Gasteiger partial charge >= 0.3 is 0 Å². The maximum atomic E-state index is 12.3. The van der Waals surface area contributed by atoms with Gasteiger partial charge in [0.25, 0.3) is 0 Å². The first kappa shape index (κ1) is 16.1. The van der Waals surface area contributed by atoms with Crippen LogP contribution in [0.1, 0.15) is 14.8 Å². The van der Waals surface area contributed by atoms with Crippen molar-refractivity contribution in [2.24, 2.45) is 0 Å². The van der Waals surface area contributed by atoms with E-state index in [0.29, 0.717) is 10.3 Å². The van der Waals surface area contributed by atoms with Crippen molar-refractivity contribution in [1.82, 2.24) is 15.0 Å². The number of thiophene rings is 1. The lowest BCUT2D eigenvalue weighted by Gasteiger charge is -2.03. The zero-order valence-electron chi connectivity index (χ0n) is 10.9. The van der Waals surface area contributed by atoms with E-state index in [2.05, 4.69) is 31.0 Å². The monoisotopic (exact) mass is 395 g/mol. The van der Waals surface area contributed by atoms with Crippen molar-refractivity contribution in [3.63, 3.8) is 0 Å². The lowest BCUT2D eigenvalue weighted by molar-refractivity contribution is 0.581. The van der Waals surface area contributed by atoms with Crippen LogP contribution in [-0.2, 0) is 23.1 Å². The highest BCUT2D eigenvalue weighted by Gasteiger charge is 2.20. The van der Waals surface area contributed by atoms with Crippen molar-refractivity contribution in [3.05, 3.63) is 30.8 Å². The second-order valence-corrected chi connectivity index (χ2v) is 9.56. The molecule has 0 aliphatic heterocycles. The standard InChI is InChI=1S/C11H14BrN3O2S3/c1-7-14-5-9(18-7)6-15-20(16,17)10-3-8(4-13-2)19-11(10)12/h3,5,13,15H,4,6H2,1-2H3. The van der Waals surface area contributed by atoms with Crippen molar-refractivity contribution in [2.45, 2.75) is 24.9 Å². The molecule has 2 rings (SSSR count). The van der Waals surface area contributed by atoms with Crippen LogP contribution in [0.15, 0.2) is 20.9 Å². The van der Waals surface area contributed by atoms with Crippen LogP contribution in [-0.4, -0.2) is 20.4 Å². The van der Waals surface area contributed by atoms with Crippen LogP contribution < -0.4 is 10.0 Å². The molecule has 5 nitrogen and oxygen atoms in total. The van der Waals surface area contributed by atoms with E-state index in [4.69, 9.17) is 0 Å². The molecular formula is C11H14BrN3O2S3. The third-order valence-corrected chi connectivity index (χ3v) is 7.02. The van der Waals surface area contributed by atoms with Crippen LogP contribution in [0.5, 0.6) is 0 Å². The molecule has 0 saturated carbocycles. The first-order chi connectivity index (χ1) is 9.42. The summed E-state index contributed by atoms with van der Waals surface area (Å²) < 4.78 is 27.8. The molecule has 110 valence electrons. The van der Waals surface area contributed by atoms with E-state index in [1.165, 1.54) is 22.7 Å². The van der Waals surface area contributed by atoms with Crippen molar-refractivity contribution in [2.75, 3.05) is 7.05 Å². The van der Waals surface area contributed by atoms with E-state index in [1.807, 2.05) is 14.0 Å². The Bertz CT molecular complexity index is 694. The molecule has 0 radical (unpaired) electrons. The number of hydrogen-bond acceptors (Lipinski definition) is 6. The Kier molecular flexibility index (Phi) is 5.32. The molecule has 9 heteroatoms. The molecule has 0 fully saturated rings. The van der Waals surface area contributed by atoms with E-state index in [1.54, 1.807) is 12.3 Å². The number of sulfonamides is 1. The number of halogens is 1. The summed E-state index contributed by atoms with van der Waals surface area (Å²) in [5.41, 5.74) is 0. The van der Waals surface area contributed by atoms with Crippen molar-refractivity contribution < 1.29 is 8.42 Å². The fourth-order valence-electron chi connectivity index (χ4n) is 1.57. The third-order valence-electron chi connectivity index (χ3n) is 2.45. The Morgan fingerprint density at radius 1 is 1.30 bits per heavy atom. The van der Waals surface area contributed by atoms with E-state index in [0.717, 1.165) is 14.8 Å². The predicted octanol–water partition coefficient (Wildman–Crippen LogP) is 2.47. The number of nitrogens with one attached hydrogen (secondary N) is 2. The van der Waals surface area contributed by atoms with Crippen LogP contribution in [0, 0.1) is 6.92 Å². The minimum atomic E-state index is -3.51. The number of hydrogen-bond donors (Lipinski definition) is 2. The molecule has 0 aliphatic carbocycles. The smallest absolute Gasteiger partial charge is 0.242 e. The number of aromatic nitrogens is 1. The summed E-state index contributed by atoms with van der Waals surface area (Å²) in [7, 11) is -1.69. The van der Waals surface area contributed by atoms with Crippen molar-refractivity contribution in [3.8, 4) is 0 Å². The summed E-state index contributed by atoms with van der Waals surface area (Å²) in [5, 5.41) is 3.93. The number of thiazole rings is 1. The van der Waals surface area contributed by atoms with Gasteiger partial charge in [0.05, 0.1) is 8.79 Å². The first-order valence-electron chi connectivity index (χ1n) is 5.76. The average molecular weight is 396 g/mol. The van der Waals surface area contributed by atoms with Crippen molar-refractivity contribution in [1.29, 1.82) is 0 Å². The highest BCUT2D eigenvalue weighted by molar-refractivity contribution is 9.11. The second kappa shape index (κ2) is 6.63. The molecule has 0 aliphatic rings. The molecule has 2 aromatic rings. The first-order valence-corrected chi connectivity index (χ1v) is 9.67. The van der Waals surface area contributed by atoms with Crippen LogP contribution >= 0.6 is 38.6 Å². The average Bonchev–Trinajstić information content (AvgIpc) is 2.94. The molecule has 2 heterocycles. The summed E-state index contributed by atoms with van der Waals surface area (Å²) in [6.07, 6.45) is 1.69. The van der Waals surface area contributed by atoms with Gasteiger partial charge in [-0.1, -0.05) is 0 Å². The number of nitrogens with zero attached hydrogens (tertiary/aromatic N) is 1. The van der Waals surface area contributed by atoms with Gasteiger partial charge in [-0.05, 0) is 36.0 Å². The fraction of sp³-hybridized carbons (Fsp3) is 0.364. The summed E-state index contributed by atoms with van der Waals surface area (Å²) in [6, 6.07) is 1.69. The van der Waals surface area contributed by atoms with E-state index < -0.39 is 10.0 Å². The summed E-state index contributed by atoms with van der Waals surface area (Å²) in [5.74, 6) is 0. The molecule has 2 N–H and O–H groups in total. The molecule has 0 aromatic carbocycles. The normalized spacial score (nSPS) is 11.9. The third kappa shape index (κ3) is 3.86. The minimum Gasteiger partial charge on any atom is -0.315 e. The largest absolute Gasteiger partial charge is 0.315 e. The van der Waals surface area contributed by atoms with Gasteiger partial charge < -0.3 is 5.32 Å². The van der Waals surface area contributed by atoms with Gasteiger partial charge in [0.2, 0.25) is 10.0 Å². The molecule has 0 bridgehead atoms. The lowest BCUT2D eigenvalue weighted by atomic mass is 10.5. The van der Waals surface area contributed by atoms with Gasteiger partial charge in [0, 0.05) is 29.0 Å². The Labute approximate surface area is 134 Å². The predicted molar refractivity (Wildman–Crippen MR) is 85.7 cm³/mol. The lowest BCUT2D eigenvalue weighted by Crippen LogP contribution is -2.22. The van der Waals surface area contributed by atoms with Gasteiger partial charge in [-0.3, -0.25) is 0 Å². The maximum Gasteiger partial charge on any atom is 0.242 e. The van der Waals surface area contributed by atoms with Gasteiger partial charge in [-0.2, -0.15) is 0 Å². The van der Waals surface area contributed by atoms with Crippen LogP contribution in [0.25, 0.3) is 0 Å². The van der Waals surface area contributed by atoms with E-state index in [9.17, 15) is 8.42 Å². The summed E-state index contributed by atoms with van der Waals surface area (Å²) in [4.78, 5) is 6.25. The van der Waals surface area contributed by atoms with E-state index >= 15 is 0 Å². The topological polar surface area (TPSA) is 71.1 Å². The summed E-state index contributed by atoms with van der Waals surface area (Å²) in [6.45, 7) is 2.80. The van der Waals surface area contributed by atoms with Gasteiger partial charge in [-0.25, -0.2) is 18.1 Å². The molecule has 0 atom stereocenters. The van der Waals surface area contributed by atoms with Crippen LogP contribution in [0.4, 0.5) is 0 Å². The Hall–Kier alpha value is -0.320. The minimum absolute atomic E-state index is 0.261. The molecular weight excluding hydrogens is 382 g/mol. The van der Waals surface area contributed by atoms with Crippen LogP contribution in [0.2, 0.25) is 0 Å². The number of rotatable bonds is 6.